The molecule has 122 valence electrons. The molecular formula is C19H41N. The molecule has 2 unspecified atom stereocenters. The van der Waals surface area contributed by atoms with Crippen LogP contribution in [0.25, 0.3) is 0 Å². The second kappa shape index (κ2) is 9.82. The Kier molecular flexibility index (Phi) is 9.80. The maximum absolute atomic E-state index is 2.83. The van der Waals surface area contributed by atoms with Crippen LogP contribution in [0.1, 0.15) is 99.8 Å². The van der Waals surface area contributed by atoms with Crippen molar-refractivity contribution in [1.82, 2.24) is 4.90 Å². The highest BCUT2D eigenvalue weighted by molar-refractivity contribution is 5.02. The molecule has 0 rings (SSSR count). The van der Waals surface area contributed by atoms with Crippen LogP contribution < -0.4 is 0 Å². The van der Waals surface area contributed by atoms with Crippen molar-refractivity contribution >= 4 is 0 Å². The summed E-state index contributed by atoms with van der Waals surface area (Å²) >= 11 is 0. The third-order valence-corrected chi connectivity index (χ3v) is 5.72. The predicted octanol–water partition coefficient (Wildman–Crippen LogP) is 6.27. The van der Waals surface area contributed by atoms with E-state index in [1.165, 1.54) is 64.5 Å². The molecule has 0 amide bonds. The molecule has 0 N–H and O–H groups in total. The van der Waals surface area contributed by atoms with Crippen LogP contribution in [0.3, 0.4) is 0 Å². The highest BCUT2D eigenvalue weighted by atomic mass is 15.2. The largest absolute Gasteiger partial charge is 0.297 e. The summed E-state index contributed by atoms with van der Waals surface area (Å²) in [6.07, 6.45) is 10.6. The second-order valence-electron chi connectivity index (χ2n) is 6.73. The molecule has 20 heavy (non-hydrogen) atoms. The zero-order valence-electron chi connectivity index (χ0n) is 15.5. The minimum absolute atomic E-state index is 0.399. The third-order valence-electron chi connectivity index (χ3n) is 5.72. The predicted molar refractivity (Wildman–Crippen MR) is 93.4 cm³/mol. The van der Waals surface area contributed by atoms with Gasteiger partial charge in [-0.3, -0.25) is 4.90 Å². The van der Waals surface area contributed by atoms with Crippen molar-refractivity contribution in [2.24, 2.45) is 5.41 Å². The molecule has 0 aliphatic heterocycles. The van der Waals surface area contributed by atoms with E-state index in [4.69, 9.17) is 0 Å². The lowest BCUT2D eigenvalue weighted by molar-refractivity contribution is -0.0455. The van der Waals surface area contributed by atoms with E-state index in [1.807, 2.05) is 0 Å². The van der Waals surface area contributed by atoms with Gasteiger partial charge in [-0.25, -0.2) is 0 Å². The molecular weight excluding hydrogens is 242 g/mol. The Hall–Kier alpha value is -0.0400. The first-order valence-corrected chi connectivity index (χ1v) is 9.26. The summed E-state index contributed by atoms with van der Waals surface area (Å²) in [6, 6.07) is 0. The van der Waals surface area contributed by atoms with Crippen LogP contribution in [-0.2, 0) is 0 Å². The average Bonchev–Trinajstić information content (AvgIpc) is 2.46. The first-order chi connectivity index (χ1) is 9.51. The van der Waals surface area contributed by atoms with E-state index >= 15 is 0 Å². The zero-order chi connectivity index (χ0) is 15.6. The third kappa shape index (κ3) is 4.23. The van der Waals surface area contributed by atoms with Gasteiger partial charge in [-0.15, -0.1) is 0 Å². The average molecular weight is 284 g/mol. The molecule has 0 aromatic rings. The van der Waals surface area contributed by atoms with E-state index in [0.717, 1.165) is 0 Å². The minimum Gasteiger partial charge on any atom is -0.297 e. The van der Waals surface area contributed by atoms with Gasteiger partial charge >= 0.3 is 0 Å². The quantitative estimate of drug-likeness (QED) is 0.408. The molecule has 2 atom stereocenters. The Labute approximate surface area is 129 Å². The molecule has 0 fully saturated rings. The normalized spacial score (nSPS) is 18.0. The summed E-state index contributed by atoms with van der Waals surface area (Å²) in [5, 5.41) is 0. The van der Waals surface area contributed by atoms with Crippen molar-refractivity contribution in [3.8, 4) is 0 Å². The molecule has 0 aliphatic carbocycles. The van der Waals surface area contributed by atoms with Crippen LogP contribution >= 0.6 is 0 Å². The summed E-state index contributed by atoms with van der Waals surface area (Å²) < 4.78 is 0. The highest BCUT2D eigenvalue weighted by Gasteiger charge is 2.47. The maximum atomic E-state index is 2.83. The molecule has 0 saturated carbocycles. The van der Waals surface area contributed by atoms with Crippen LogP contribution in [-0.4, -0.2) is 23.5 Å². The van der Waals surface area contributed by atoms with E-state index in [1.54, 1.807) is 0 Å². The molecule has 1 heteroatoms. The number of rotatable bonds is 12. The Morgan fingerprint density at radius 2 is 1.35 bits per heavy atom. The highest BCUT2D eigenvalue weighted by Crippen LogP contribution is 2.48. The standard InChI is InChI=1S/C19H41N/c1-8-14-17-20(13-6)19(12-5,16-10-3)18(7,11-4)15-9-2/h8-17H2,1-7H3. The van der Waals surface area contributed by atoms with Gasteiger partial charge in [-0.2, -0.15) is 0 Å². The fourth-order valence-electron chi connectivity index (χ4n) is 4.40. The second-order valence-corrected chi connectivity index (χ2v) is 6.73. The molecule has 0 radical (unpaired) electrons. The number of nitrogens with zero attached hydrogens (tertiary/aromatic N) is 1. The smallest absolute Gasteiger partial charge is 0.0260 e. The van der Waals surface area contributed by atoms with Crippen molar-refractivity contribution in [1.29, 1.82) is 0 Å². The fraction of sp³-hybridized carbons (Fsp3) is 1.00. The lowest BCUT2D eigenvalue weighted by atomic mass is 9.62. The van der Waals surface area contributed by atoms with Crippen molar-refractivity contribution < 1.29 is 0 Å². The maximum Gasteiger partial charge on any atom is 0.0260 e. The van der Waals surface area contributed by atoms with E-state index in [2.05, 4.69) is 53.4 Å². The number of hydrogen-bond donors (Lipinski definition) is 0. The van der Waals surface area contributed by atoms with Crippen molar-refractivity contribution in [3.05, 3.63) is 0 Å². The summed E-state index contributed by atoms with van der Waals surface area (Å²) in [6.45, 7) is 19.3. The van der Waals surface area contributed by atoms with Crippen molar-refractivity contribution in [3.63, 3.8) is 0 Å². The molecule has 1 nitrogen and oxygen atoms in total. The summed E-state index contributed by atoms with van der Waals surface area (Å²) in [5.41, 5.74) is 0.854. The van der Waals surface area contributed by atoms with Gasteiger partial charge in [0.05, 0.1) is 0 Å². The Bertz CT molecular complexity index is 238. The van der Waals surface area contributed by atoms with Gasteiger partial charge in [0.2, 0.25) is 0 Å². The SMILES string of the molecule is CCCCN(CC)C(CC)(CCC)C(C)(CC)CCC. The first-order valence-electron chi connectivity index (χ1n) is 9.26. The molecule has 0 heterocycles. The zero-order valence-corrected chi connectivity index (χ0v) is 15.5. The van der Waals surface area contributed by atoms with Gasteiger partial charge in [0.25, 0.3) is 0 Å². The van der Waals surface area contributed by atoms with Gasteiger partial charge in [0.15, 0.2) is 0 Å². The number of hydrogen-bond acceptors (Lipinski definition) is 1. The Balaban J connectivity index is 5.52. The molecule has 0 aromatic carbocycles. The Morgan fingerprint density at radius 3 is 1.70 bits per heavy atom. The molecule has 0 spiro atoms. The van der Waals surface area contributed by atoms with Crippen LogP contribution in [0.2, 0.25) is 0 Å². The van der Waals surface area contributed by atoms with Crippen molar-refractivity contribution in [2.75, 3.05) is 13.1 Å². The van der Waals surface area contributed by atoms with Crippen LogP contribution in [0.5, 0.6) is 0 Å². The first kappa shape index (κ1) is 20.0. The van der Waals surface area contributed by atoms with E-state index < -0.39 is 0 Å². The van der Waals surface area contributed by atoms with Gasteiger partial charge in [0, 0.05) is 5.54 Å². The van der Waals surface area contributed by atoms with Crippen LogP contribution in [0.4, 0.5) is 0 Å². The molecule has 0 bridgehead atoms. The molecule has 0 aliphatic rings. The number of unbranched alkanes of at least 4 members (excludes halogenated alkanes) is 1. The molecule has 0 saturated heterocycles. The van der Waals surface area contributed by atoms with E-state index in [0.29, 0.717) is 11.0 Å². The van der Waals surface area contributed by atoms with Crippen molar-refractivity contribution in [2.45, 2.75) is 105 Å². The summed E-state index contributed by atoms with van der Waals surface area (Å²) in [4.78, 5) is 2.83. The van der Waals surface area contributed by atoms with Gasteiger partial charge in [-0.1, -0.05) is 67.7 Å². The topological polar surface area (TPSA) is 3.24 Å². The van der Waals surface area contributed by atoms with E-state index in [9.17, 15) is 0 Å². The lowest BCUT2D eigenvalue weighted by Gasteiger charge is -2.55. The van der Waals surface area contributed by atoms with Gasteiger partial charge < -0.3 is 0 Å². The van der Waals surface area contributed by atoms with Crippen LogP contribution in [0.15, 0.2) is 0 Å². The van der Waals surface area contributed by atoms with Gasteiger partial charge in [-0.05, 0) is 50.6 Å². The minimum atomic E-state index is 0.399. The fourth-order valence-corrected chi connectivity index (χ4v) is 4.40. The van der Waals surface area contributed by atoms with Crippen LogP contribution in [0, 0.1) is 5.41 Å². The molecule has 0 aromatic heterocycles. The summed E-state index contributed by atoms with van der Waals surface area (Å²) in [7, 11) is 0. The van der Waals surface area contributed by atoms with E-state index in [-0.39, 0.29) is 0 Å². The summed E-state index contributed by atoms with van der Waals surface area (Å²) in [5.74, 6) is 0. The Morgan fingerprint density at radius 1 is 0.750 bits per heavy atom. The lowest BCUT2D eigenvalue weighted by Crippen LogP contribution is -2.59. The monoisotopic (exact) mass is 283 g/mol. The van der Waals surface area contributed by atoms with Gasteiger partial charge in [0.1, 0.15) is 0 Å².